The standard InChI is InChI=1S/C12H15ClO3/c1-3-4-5-6-8-11(13)9(14)7-10(16-2)12(8)15/h7H,3-6H2,1-2H3. The number of hydrogen-bond donors (Lipinski definition) is 0. The second-order valence-electron chi connectivity index (χ2n) is 3.66. The molecule has 0 unspecified atom stereocenters. The summed E-state index contributed by atoms with van der Waals surface area (Å²) in [6.45, 7) is 2.07. The highest BCUT2D eigenvalue weighted by atomic mass is 35.5. The topological polar surface area (TPSA) is 43.4 Å². The molecule has 0 aromatic carbocycles. The molecule has 16 heavy (non-hydrogen) atoms. The van der Waals surface area contributed by atoms with Gasteiger partial charge in [-0.3, -0.25) is 9.59 Å². The Labute approximate surface area is 100 Å². The van der Waals surface area contributed by atoms with Crippen LogP contribution in [0, 0.1) is 0 Å². The fourth-order valence-corrected chi connectivity index (χ4v) is 1.81. The number of Topliss-reactive ketones (excluding diaryl/α,β-unsaturated/α-hetero) is 1. The molecule has 0 heterocycles. The van der Waals surface area contributed by atoms with Gasteiger partial charge in [-0.05, 0) is 12.8 Å². The van der Waals surface area contributed by atoms with E-state index in [2.05, 4.69) is 6.92 Å². The Hall–Kier alpha value is -1.09. The Balaban J connectivity index is 2.83. The largest absolute Gasteiger partial charge is 0.493 e. The molecule has 0 saturated carbocycles. The van der Waals surface area contributed by atoms with Gasteiger partial charge in [0.1, 0.15) is 0 Å². The molecular weight excluding hydrogens is 228 g/mol. The molecule has 1 aliphatic rings. The van der Waals surface area contributed by atoms with Crippen molar-refractivity contribution >= 4 is 23.2 Å². The van der Waals surface area contributed by atoms with Crippen LogP contribution in [0.2, 0.25) is 0 Å². The van der Waals surface area contributed by atoms with E-state index >= 15 is 0 Å². The third kappa shape index (κ3) is 2.73. The summed E-state index contributed by atoms with van der Waals surface area (Å²) in [7, 11) is 1.37. The van der Waals surface area contributed by atoms with Gasteiger partial charge in [0.05, 0.1) is 12.1 Å². The molecule has 0 aliphatic heterocycles. The van der Waals surface area contributed by atoms with Crippen LogP contribution in [-0.4, -0.2) is 18.7 Å². The minimum atomic E-state index is -0.343. The summed E-state index contributed by atoms with van der Waals surface area (Å²) in [5, 5.41) is 0.0434. The van der Waals surface area contributed by atoms with Gasteiger partial charge in [-0.25, -0.2) is 0 Å². The normalized spacial score (nSPS) is 16.6. The molecular formula is C12H15ClO3. The van der Waals surface area contributed by atoms with Gasteiger partial charge in [-0.2, -0.15) is 0 Å². The quantitative estimate of drug-likeness (QED) is 0.550. The monoisotopic (exact) mass is 242 g/mol. The van der Waals surface area contributed by atoms with E-state index in [1.165, 1.54) is 7.11 Å². The number of ether oxygens (including phenoxy) is 1. The Morgan fingerprint density at radius 3 is 2.56 bits per heavy atom. The number of rotatable bonds is 5. The summed E-state index contributed by atoms with van der Waals surface area (Å²) >= 11 is 5.84. The van der Waals surface area contributed by atoms with Crippen LogP contribution in [0.15, 0.2) is 22.4 Å². The molecule has 0 aromatic heterocycles. The molecule has 3 nitrogen and oxygen atoms in total. The van der Waals surface area contributed by atoms with Gasteiger partial charge in [0.25, 0.3) is 0 Å². The van der Waals surface area contributed by atoms with E-state index in [1.54, 1.807) is 0 Å². The van der Waals surface area contributed by atoms with Gasteiger partial charge in [-0.1, -0.05) is 31.4 Å². The van der Waals surface area contributed by atoms with E-state index < -0.39 is 0 Å². The summed E-state index contributed by atoms with van der Waals surface area (Å²) in [5.74, 6) is -0.520. The highest BCUT2D eigenvalue weighted by Crippen LogP contribution is 2.26. The molecule has 0 amide bonds. The summed E-state index contributed by atoms with van der Waals surface area (Å²) in [4.78, 5) is 23.3. The maximum Gasteiger partial charge on any atom is 0.225 e. The van der Waals surface area contributed by atoms with Crippen LogP contribution in [0.5, 0.6) is 0 Å². The number of methoxy groups -OCH3 is 1. The lowest BCUT2D eigenvalue weighted by Crippen LogP contribution is -2.18. The van der Waals surface area contributed by atoms with E-state index in [0.29, 0.717) is 12.0 Å². The first kappa shape index (κ1) is 13.0. The minimum Gasteiger partial charge on any atom is -0.493 e. The van der Waals surface area contributed by atoms with E-state index in [-0.39, 0.29) is 22.4 Å². The number of allylic oxidation sites excluding steroid dienone is 3. The molecule has 0 radical (unpaired) electrons. The third-order valence-electron chi connectivity index (χ3n) is 2.49. The highest BCUT2D eigenvalue weighted by Gasteiger charge is 2.27. The second kappa shape index (κ2) is 5.85. The molecule has 0 fully saturated rings. The molecule has 0 saturated heterocycles. The lowest BCUT2D eigenvalue weighted by Gasteiger charge is -2.14. The predicted molar refractivity (Wildman–Crippen MR) is 62.1 cm³/mol. The average Bonchev–Trinajstić information content (AvgIpc) is 2.28. The van der Waals surface area contributed by atoms with Gasteiger partial charge in [0, 0.05) is 11.6 Å². The van der Waals surface area contributed by atoms with E-state index in [1.807, 2.05) is 0 Å². The molecule has 88 valence electrons. The average molecular weight is 243 g/mol. The summed E-state index contributed by atoms with van der Waals surface area (Å²) < 4.78 is 4.86. The first-order chi connectivity index (χ1) is 7.61. The van der Waals surface area contributed by atoms with Gasteiger partial charge >= 0.3 is 0 Å². The number of carbonyl (C=O) groups is 2. The Morgan fingerprint density at radius 1 is 1.31 bits per heavy atom. The number of carbonyl (C=O) groups excluding carboxylic acids is 2. The number of ketones is 2. The van der Waals surface area contributed by atoms with Crippen molar-refractivity contribution in [3.05, 3.63) is 22.4 Å². The molecule has 0 aromatic rings. The fourth-order valence-electron chi connectivity index (χ4n) is 1.57. The Morgan fingerprint density at radius 2 is 2.00 bits per heavy atom. The van der Waals surface area contributed by atoms with Gasteiger partial charge in [0.15, 0.2) is 5.76 Å². The minimum absolute atomic E-state index is 0.0434. The van der Waals surface area contributed by atoms with Crippen molar-refractivity contribution in [2.24, 2.45) is 0 Å². The van der Waals surface area contributed by atoms with Crippen LogP contribution in [0.4, 0.5) is 0 Å². The van der Waals surface area contributed by atoms with Crippen molar-refractivity contribution in [1.29, 1.82) is 0 Å². The lowest BCUT2D eigenvalue weighted by atomic mass is 9.96. The molecule has 1 rings (SSSR count). The Bertz CT molecular complexity index is 366. The fraction of sp³-hybridized carbons (Fsp3) is 0.500. The Kier molecular flexibility index (Phi) is 4.74. The van der Waals surface area contributed by atoms with Crippen LogP contribution in [0.1, 0.15) is 32.6 Å². The zero-order valence-electron chi connectivity index (χ0n) is 9.51. The van der Waals surface area contributed by atoms with E-state index in [0.717, 1.165) is 25.3 Å². The van der Waals surface area contributed by atoms with Crippen molar-refractivity contribution in [2.45, 2.75) is 32.6 Å². The highest BCUT2D eigenvalue weighted by molar-refractivity contribution is 6.48. The van der Waals surface area contributed by atoms with Crippen LogP contribution >= 0.6 is 11.6 Å². The SMILES string of the molecule is CCCCCC1=C(Cl)C(=O)C=C(OC)C1=O. The number of hydrogen-bond acceptors (Lipinski definition) is 3. The predicted octanol–water partition coefficient (Wildman–Crippen LogP) is 2.74. The van der Waals surface area contributed by atoms with Crippen LogP contribution in [0.25, 0.3) is 0 Å². The summed E-state index contributed by atoms with van der Waals surface area (Å²) in [6, 6.07) is 0. The van der Waals surface area contributed by atoms with Crippen molar-refractivity contribution in [2.75, 3.05) is 7.11 Å². The lowest BCUT2D eigenvalue weighted by molar-refractivity contribution is -0.118. The van der Waals surface area contributed by atoms with Gasteiger partial charge in [0.2, 0.25) is 11.6 Å². The van der Waals surface area contributed by atoms with Crippen molar-refractivity contribution < 1.29 is 14.3 Å². The maximum atomic E-state index is 11.8. The van der Waals surface area contributed by atoms with Gasteiger partial charge in [-0.15, -0.1) is 0 Å². The van der Waals surface area contributed by atoms with Crippen LogP contribution in [-0.2, 0) is 14.3 Å². The number of halogens is 1. The molecule has 0 bridgehead atoms. The molecule has 4 heteroatoms. The van der Waals surface area contributed by atoms with Crippen molar-refractivity contribution in [1.82, 2.24) is 0 Å². The molecule has 1 aliphatic carbocycles. The first-order valence-corrected chi connectivity index (χ1v) is 5.73. The van der Waals surface area contributed by atoms with E-state index in [9.17, 15) is 9.59 Å². The van der Waals surface area contributed by atoms with Gasteiger partial charge < -0.3 is 4.74 Å². The first-order valence-electron chi connectivity index (χ1n) is 5.35. The summed E-state index contributed by atoms with van der Waals surface area (Å²) in [5.41, 5.74) is 0.388. The number of unbranched alkanes of at least 4 members (excludes halogenated alkanes) is 2. The maximum absolute atomic E-state index is 11.8. The molecule has 0 atom stereocenters. The zero-order chi connectivity index (χ0) is 12.1. The van der Waals surface area contributed by atoms with Crippen LogP contribution < -0.4 is 0 Å². The molecule has 0 spiro atoms. The summed E-state index contributed by atoms with van der Waals surface area (Å²) in [6.07, 6.45) is 4.62. The second-order valence-corrected chi connectivity index (χ2v) is 4.03. The third-order valence-corrected chi connectivity index (χ3v) is 2.91. The zero-order valence-corrected chi connectivity index (χ0v) is 10.3. The smallest absolute Gasteiger partial charge is 0.225 e. The van der Waals surface area contributed by atoms with Crippen molar-refractivity contribution in [3.63, 3.8) is 0 Å². The molecule has 0 N–H and O–H groups in total. The van der Waals surface area contributed by atoms with Crippen LogP contribution in [0.3, 0.4) is 0 Å². The van der Waals surface area contributed by atoms with E-state index in [4.69, 9.17) is 16.3 Å². The van der Waals surface area contributed by atoms with Crippen molar-refractivity contribution in [3.8, 4) is 0 Å².